The number of carbonyl (C=O) groups is 1. The van der Waals surface area contributed by atoms with Crippen LogP contribution in [0.15, 0.2) is 36.7 Å². The van der Waals surface area contributed by atoms with Crippen molar-refractivity contribution in [1.29, 1.82) is 0 Å². The summed E-state index contributed by atoms with van der Waals surface area (Å²) in [6.07, 6.45) is 1.15. The van der Waals surface area contributed by atoms with Crippen LogP contribution in [0.1, 0.15) is 23.5 Å². The van der Waals surface area contributed by atoms with E-state index in [2.05, 4.69) is 15.0 Å². The molecule has 1 aromatic carbocycles. The monoisotopic (exact) mass is 361 g/mol. The lowest BCUT2D eigenvalue weighted by atomic mass is 10.2. The smallest absolute Gasteiger partial charge is 0.338 e. The van der Waals surface area contributed by atoms with Gasteiger partial charge in [0.1, 0.15) is 18.4 Å². The molecule has 9 heteroatoms. The normalized spacial score (nSPS) is 12.2. The van der Waals surface area contributed by atoms with Crippen LogP contribution in [-0.4, -0.2) is 38.7 Å². The molecule has 0 amide bonds. The Balaban J connectivity index is 1.56. The van der Waals surface area contributed by atoms with E-state index in [0.29, 0.717) is 16.7 Å². The average Bonchev–Trinajstić information content (AvgIpc) is 3.03. The zero-order valence-corrected chi connectivity index (χ0v) is 14.2. The predicted molar refractivity (Wildman–Crippen MR) is 92.1 cm³/mol. The predicted octanol–water partition coefficient (Wildman–Crippen LogP) is 2.45. The van der Waals surface area contributed by atoms with Crippen molar-refractivity contribution in [1.82, 2.24) is 19.5 Å². The van der Waals surface area contributed by atoms with E-state index in [1.165, 1.54) is 0 Å². The summed E-state index contributed by atoms with van der Waals surface area (Å²) in [7, 11) is 0. The third kappa shape index (κ3) is 3.86. The van der Waals surface area contributed by atoms with E-state index < -0.39 is 12.2 Å². The molecule has 130 valence electrons. The number of fused-ring (bicyclic) bond motifs is 1. The zero-order chi connectivity index (χ0) is 17.8. The van der Waals surface area contributed by atoms with Gasteiger partial charge in [0.2, 0.25) is 5.95 Å². The molecule has 0 fully saturated rings. The van der Waals surface area contributed by atoms with Crippen LogP contribution in [0.2, 0.25) is 5.15 Å². The van der Waals surface area contributed by atoms with Crippen LogP contribution in [0.4, 0.5) is 5.95 Å². The summed E-state index contributed by atoms with van der Waals surface area (Å²) in [6, 6.07) is 8.77. The van der Waals surface area contributed by atoms with Crippen LogP contribution >= 0.6 is 11.6 Å². The van der Waals surface area contributed by atoms with Gasteiger partial charge in [-0.2, -0.15) is 9.97 Å². The lowest BCUT2D eigenvalue weighted by molar-refractivity contribution is -0.0127. The van der Waals surface area contributed by atoms with E-state index in [1.54, 1.807) is 35.2 Å². The van der Waals surface area contributed by atoms with Gasteiger partial charge in [-0.1, -0.05) is 29.8 Å². The molecular formula is C16H16ClN5O3. The number of hydrogen-bond donors (Lipinski definition) is 1. The lowest BCUT2D eigenvalue weighted by Crippen LogP contribution is -2.15. The van der Waals surface area contributed by atoms with Crippen LogP contribution in [0.25, 0.3) is 11.2 Å². The molecule has 25 heavy (non-hydrogen) atoms. The number of nitrogen functional groups attached to an aromatic ring is 1. The molecule has 2 N–H and O–H groups in total. The van der Waals surface area contributed by atoms with Crippen LogP contribution in [0, 0.1) is 0 Å². The average molecular weight is 362 g/mol. The summed E-state index contributed by atoms with van der Waals surface area (Å²) in [5.74, 6) is -0.333. The second-order valence-electron chi connectivity index (χ2n) is 5.17. The summed E-state index contributed by atoms with van der Waals surface area (Å²) in [4.78, 5) is 24.0. The number of carbonyl (C=O) groups excluding carboxylic acids is 1. The highest BCUT2D eigenvalue weighted by Crippen LogP contribution is 2.22. The van der Waals surface area contributed by atoms with Gasteiger partial charge >= 0.3 is 5.97 Å². The molecule has 2 aromatic heterocycles. The fourth-order valence-corrected chi connectivity index (χ4v) is 2.47. The van der Waals surface area contributed by atoms with Crippen LogP contribution in [0.3, 0.4) is 0 Å². The topological polar surface area (TPSA) is 105 Å². The highest BCUT2D eigenvalue weighted by Gasteiger charge is 2.15. The van der Waals surface area contributed by atoms with Gasteiger partial charge in [-0.15, -0.1) is 0 Å². The molecular weight excluding hydrogens is 346 g/mol. The first kappa shape index (κ1) is 17.1. The van der Waals surface area contributed by atoms with Gasteiger partial charge in [0.25, 0.3) is 0 Å². The zero-order valence-electron chi connectivity index (χ0n) is 13.4. The number of anilines is 1. The quantitative estimate of drug-likeness (QED) is 0.408. The Morgan fingerprint density at radius 3 is 2.80 bits per heavy atom. The molecule has 0 aliphatic heterocycles. The summed E-state index contributed by atoms with van der Waals surface area (Å²) >= 11 is 5.99. The fraction of sp³-hybridized carbons (Fsp3) is 0.250. The van der Waals surface area contributed by atoms with E-state index in [4.69, 9.17) is 26.8 Å². The van der Waals surface area contributed by atoms with E-state index in [-0.39, 0.29) is 24.3 Å². The number of nitrogens with two attached hydrogens (primary N) is 1. The molecule has 8 nitrogen and oxygen atoms in total. The standard InChI is InChI=1S/C16H16ClN5O3/c1-10(22-9-19-12-13(17)20-16(18)21-14(12)22)24-7-8-25-15(23)11-5-3-2-4-6-11/h2-6,9-10H,7-8H2,1H3,(H2,18,20,21). The molecule has 3 aromatic rings. The maximum atomic E-state index is 11.8. The Morgan fingerprint density at radius 1 is 1.28 bits per heavy atom. The molecule has 1 unspecified atom stereocenters. The molecule has 0 saturated heterocycles. The number of aromatic nitrogens is 4. The molecule has 0 radical (unpaired) electrons. The Labute approximate surface area is 148 Å². The minimum atomic E-state index is -0.397. The molecule has 0 aliphatic carbocycles. The minimum absolute atomic E-state index is 0.0586. The Kier molecular flexibility index (Phi) is 5.11. The van der Waals surface area contributed by atoms with Crippen molar-refractivity contribution < 1.29 is 14.3 Å². The molecule has 0 aliphatic rings. The Morgan fingerprint density at radius 2 is 2.04 bits per heavy atom. The Bertz CT molecular complexity index is 884. The van der Waals surface area contributed by atoms with Crippen molar-refractivity contribution in [2.45, 2.75) is 13.2 Å². The fourth-order valence-electron chi connectivity index (χ4n) is 2.25. The van der Waals surface area contributed by atoms with Crippen molar-refractivity contribution in [2.24, 2.45) is 0 Å². The minimum Gasteiger partial charge on any atom is -0.460 e. The summed E-state index contributed by atoms with van der Waals surface area (Å²) < 4.78 is 12.5. The molecule has 3 rings (SSSR count). The highest BCUT2D eigenvalue weighted by molar-refractivity contribution is 6.33. The van der Waals surface area contributed by atoms with Gasteiger partial charge < -0.3 is 15.2 Å². The summed E-state index contributed by atoms with van der Waals surface area (Å²) in [5, 5.41) is 0.185. The lowest BCUT2D eigenvalue weighted by Gasteiger charge is -2.15. The molecule has 2 heterocycles. The number of nitrogens with zero attached hydrogens (tertiary/aromatic N) is 4. The first-order chi connectivity index (χ1) is 12.1. The maximum Gasteiger partial charge on any atom is 0.338 e. The summed E-state index contributed by atoms with van der Waals surface area (Å²) in [5.41, 5.74) is 7.04. The third-order valence-electron chi connectivity index (χ3n) is 3.47. The van der Waals surface area contributed by atoms with E-state index >= 15 is 0 Å². The number of benzene rings is 1. The van der Waals surface area contributed by atoms with Crippen LogP contribution < -0.4 is 5.73 Å². The molecule has 0 spiro atoms. The van der Waals surface area contributed by atoms with Crippen molar-refractivity contribution >= 4 is 34.7 Å². The van der Waals surface area contributed by atoms with E-state index in [0.717, 1.165) is 0 Å². The van der Waals surface area contributed by atoms with Crippen LogP contribution in [0.5, 0.6) is 0 Å². The van der Waals surface area contributed by atoms with Gasteiger partial charge in [-0.3, -0.25) is 4.57 Å². The number of halogens is 1. The first-order valence-corrected chi connectivity index (χ1v) is 7.93. The second kappa shape index (κ2) is 7.45. The highest BCUT2D eigenvalue weighted by atomic mass is 35.5. The van der Waals surface area contributed by atoms with Crippen LogP contribution in [-0.2, 0) is 9.47 Å². The maximum absolute atomic E-state index is 11.8. The number of rotatable bonds is 6. The van der Waals surface area contributed by atoms with E-state index in [1.807, 2.05) is 13.0 Å². The largest absolute Gasteiger partial charge is 0.460 e. The molecule has 0 saturated carbocycles. The number of imidazole rings is 1. The third-order valence-corrected chi connectivity index (χ3v) is 3.74. The van der Waals surface area contributed by atoms with Gasteiger partial charge in [0, 0.05) is 0 Å². The number of esters is 1. The van der Waals surface area contributed by atoms with Crippen molar-refractivity contribution in [3.05, 3.63) is 47.4 Å². The SMILES string of the molecule is CC(OCCOC(=O)c1ccccc1)n1cnc2c(Cl)nc(N)nc21. The van der Waals surface area contributed by atoms with E-state index in [9.17, 15) is 4.79 Å². The van der Waals surface area contributed by atoms with Gasteiger partial charge in [-0.25, -0.2) is 9.78 Å². The van der Waals surface area contributed by atoms with Gasteiger partial charge in [0.15, 0.2) is 10.8 Å². The molecule has 1 atom stereocenters. The van der Waals surface area contributed by atoms with Gasteiger partial charge in [-0.05, 0) is 19.1 Å². The second-order valence-corrected chi connectivity index (χ2v) is 5.53. The van der Waals surface area contributed by atoms with Crippen molar-refractivity contribution in [2.75, 3.05) is 18.9 Å². The van der Waals surface area contributed by atoms with Gasteiger partial charge in [0.05, 0.1) is 18.5 Å². The number of hydrogen-bond acceptors (Lipinski definition) is 7. The molecule has 0 bridgehead atoms. The number of ether oxygens (including phenoxy) is 2. The Hall–Kier alpha value is -2.71. The first-order valence-electron chi connectivity index (χ1n) is 7.55. The van der Waals surface area contributed by atoms with Crippen molar-refractivity contribution in [3.8, 4) is 0 Å². The summed E-state index contributed by atoms with van der Waals surface area (Å²) in [6.45, 7) is 2.16. The van der Waals surface area contributed by atoms with Crippen molar-refractivity contribution in [3.63, 3.8) is 0 Å².